The van der Waals surface area contributed by atoms with Crippen LogP contribution in [0.5, 0.6) is 0 Å². The van der Waals surface area contributed by atoms with E-state index in [0.717, 1.165) is 23.7 Å². The first-order valence-electron chi connectivity index (χ1n) is 5.76. The molecule has 0 aromatic heterocycles. The van der Waals surface area contributed by atoms with Gasteiger partial charge in [0.25, 0.3) is 0 Å². The van der Waals surface area contributed by atoms with E-state index in [4.69, 9.17) is 0 Å². The van der Waals surface area contributed by atoms with E-state index in [1.165, 1.54) is 5.56 Å². The van der Waals surface area contributed by atoms with Crippen LogP contribution < -0.4 is 5.32 Å². The Morgan fingerprint density at radius 2 is 2.06 bits per heavy atom. The molecular weight excluding hydrogens is 266 g/mol. The molecule has 0 radical (unpaired) electrons. The van der Waals surface area contributed by atoms with Gasteiger partial charge in [-0.2, -0.15) is 0 Å². The number of carbonyl (C=O) groups is 1. The molecule has 1 N–H and O–H groups in total. The largest absolute Gasteiger partial charge is 0.349 e. The molecule has 1 aliphatic carbocycles. The first-order valence-corrected chi connectivity index (χ1v) is 6.56. The Kier molecular flexibility index (Phi) is 3.64. The molecule has 1 saturated carbocycles. The molecule has 16 heavy (non-hydrogen) atoms. The molecule has 2 rings (SSSR count). The number of hydrogen-bond acceptors (Lipinski definition) is 1. The highest BCUT2D eigenvalue weighted by atomic mass is 79.9. The molecule has 0 saturated heterocycles. The average molecular weight is 282 g/mol. The lowest BCUT2D eigenvalue weighted by Crippen LogP contribution is -2.29. The summed E-state index contributed by atoms with van der Waals surface area (Å²) in [7, 11) is 0. The third-order valence-corrected chi connectivity index (χ3v) is 3.47. The van der Waals surface area contributed by atoms with E-state index >= 15 is 0 Å². The summed E-state index contributed by atoms with van der Waals surface area (Å²) in [5.41, 5.74) is 1.18. The molecule has 0 bridgehead atoms. The molecule has 3 heteroatoms. The molecule has 1 fully saturated rings. The zero-order chi connectivity index (χ0) is 11.5. The van der Waals surface area contributed by atoms with Gasteiger partial charge in [0.15, 0.2) is 0 Å². The second-order valence-corrected chi connectivity index (χ2v) is 5.21. The topological polar surface area (TPSA) is 29.1 Å². The lowest BCUT2D eigenvalue weighted by molar-refractivity contribution is -0.123. The normalized spacial score (nSPS) is 16.9. The predicted octanol–water partition coefficient (Wildman–Crippen LogP) is 3.43. The van der Waals surface area contributed by atoms with Crippen LogP contribution in [0.15, 0.2) is 28.7 Å². The number of benzene rings is 1. The van der Waals surface area contributed by atoms with Crippen molar-refractivity contribution in [1.82, 2.24) is 5.32 Å². The molecule has 0 spiro atoms. The fourth-order valence-corrected chi connectivity index (χ4v) is 2.02. The standard InChI is InChI=1S/C13H16BrNO/c1-2-12(15-13(16)10-3-4-10)9-5-7-11(14)8-6-9/h5-8,10,12H,2-4H2,1H3,(H,15,16). The van der Waals surface area contributed by atoms with Crippen molar-refractivity contribution in [3.05, 3.63) is 34.3 Å². The second-order valence-electron chi connectivity index (χ2n) is 4.30. The van der Waals surface area contributed by atoms with Crippen molar-refractivity contribution in [3.63, 3.8) is 0 Å². The van der Waals surface area contributed by atoms with Crippen LogP contribution in [0.4, 0.5) is 0 Å². The zero-order valence-corrected chi connectivity index (χ0v) is 11.0. The summed E-state index contributed by atoms with van der Waals surface area (Å²) < 4.78 is 1.07. The van der Waals surface area contributed by atoms with Gasteiger partial charge in [-0.15, -0.1) is 0 Å². The van der Waals surface area contributed by atoms with Crippen LogP contribution in [0.3, 0.4) is 0 Å². The van der Waals surface area contributed by atoms with Gasteiger partial charge in [0.1, 0.15) is 0 Å². The van der Waals surface area contributed by atoms with E-state index in [1.54, 1.807) is 0 Å². The van der Waals surface area contributed by atoms with E-state index in [0.29, 0.717) is 0 Å². The third-order valence-electron chi connectivity index (χ3n) is 2.95. The average Bonchev–Trinajstić information content (AvgIpc) is 3.11. The Labute approximate surface area is 105 Å². The maximum absolute atomic E-state index is 11.7. The summed E-state index contributed by atoms with van der Waals surface area (Å²) in [5.74, 6) is 0.499. The molecule has 1 atom stereocenters. The lowest BCUT2D eigenvalue weighted by Gasteiger charge is -2.17. The molecule has 0 heterocycles. The number of amides is 1. The molecular formula is C13H16BrNO. The first kappa shape index (κ1) is 11.6. The monoisotopic (exact) mass is 281 g/mol. The Morgan fingerprint density at radius 1 is 1.44 bits per heavy atom. The molecule has 2 nitrogen and oxygen atoms in total. The van der Waals surface area contributed by atoms with Crippen molar-refractivity contribution in [2.75, 3.05) is 0 Å². The van der Waals surface area contributed by atoms with Crippen LogP contribution in [0, 0.1) is 5.92 Å². The van der Waals surface area contributed by atoms with Gasteiger partial charge in [-0.1, -0.05) is 35.0 Å². The number of halogens is 1. The maximum atomic E-state index is 11.7. The smallest absolute Gasteiger partial charge is 0.223 e. The van der Waals surface area contributed by atoms with Crippen molar-refractivity contribution >= 4 is 21.8 Å². The lowest BCUT2D eigenvalue weighted by atomic mass is 10.0. The minimum absolute atomic E-state index is 0.154. The SMILES string of the molecule is CCC(NC(=O)C1CC1)c1ccc(Br)cc1. The third kappa shape index (κ3) is 2.85. The van der Waals surface area contributed by atoms with Gasteiger partial charge >= 0.3 is 0 Å². The Balaban J connectivity index is 2.03. The van der Waals surface area contributed by atoms with Crippen LogP contribution in [0.25, 0.3) is 0 Å². The summed E-state index contributed by atoms with van der Waals surface area (Å²) in [6.45, 7) is 2.10. The number of hydrogen-bond donors (Lipinski definition) is 1. The quantitative estimate of drug-likeness (QED) is 0.900. The molecule has 1 amide bonds. The Morgan fingerprint density at radius 3 is 2.56 bits per heavy atom. The number of carbonyl (C=O) groups excluding carboxylic acids is 1. The van der Waals surface area contributed by atoms with E-state index in [-0.39, 0.29) is 17.9 Å². The fraction of sp³-hybridized carbons (Fsp3) is 0.462. The maximum Gasteiger partial charge on any atom is 0.223 e. The molecule has 86 valence electrons. The van der Waals surface area contributed by atoms with E-state index < -0.39 is 0 Å². The first-order chi connectivity index (χ1) is 7.70. The van der Waals surface area contributed by atoms with Gasteiger partial charge in [0.2, 0.25) is 5.91 Å². The summed E-state index contributed by atoms with van der Waals surface area (Å²) in [6, 6.07) is 8.31. The van der Waals surface area contributed by atoms with Crippen molar-refractivity contribution in [3.8, 4) is 0 Å². The summed E-state index contributed by atoms with van der Waals surface area (Å²) in [6.07, 6.45) is 3.05. The van der Waals surface area contributed by atoms with Crippen molar-refractivity contribution in [2.24, 2.45) is 5.92 Å². The van der Waals surface area contributed by atoms with E-state index in [2.05, 4.69) is 40.3 Å². The fourth-order valence-electron chi connectivity index (χ4n) is 1.75. The van der Waals surface area contributed by atoms with Crippen LogP contribution >= 0.6 is 15.9 Å². The van der Waals surface area contributed by atoms with E-state index in [9.17, 15) is 4.79 Å². The summed E-state index contributed by atoms with van der Waals surface area (Å²) >= 11 is 3.41. The second kappa shape index (κ2) is 5.00. The molecule has 1 unspecified atom stereocenters. The van der Waals surface area contributed by atoms with Gasteiger partial charge in [-0.05, 0) is 37.0 Å². The van der Waals surface area contributed by atoms with Gasteiger partial charge < -0.3 is 5.32 Å². The molecule has 1 aromatic carbocycles. The Bertz CT molecular complexity index is 370. The number of rotatable bonds is 4. The van der Waals surface area contributed by atoms with Crippen molar-refractivity contribution in [2.45, 2.75) is 32.2 Å². The van der Waals surface area contributed by atoms with Crippen LogP contribution in [0.1, 0.15) is 37.8 Å². The van der Waals surface area contributed by atoms with Gasteiger partial charge in [0.05, 0.1) is 6.04 Å². The van der Waals surface area contributed by atoms with E-state index in [1.807, 2.05) is 12.1 Å². The van der Waals surface area contributed by atoms with Crippen molar-refractivity contribution < 1.29 is 4.79 Å². The van der Waals surface area contributed by atoms with Gasteiger partial charge in [-0.3, -0.25) is 4.79 Å². The van der Waals surface area contributed by atoms with Crippen LogP contribution in [-0.4, -0.2) is 5.91 Å². The molecule has 1 aliphatic rings. The Hall–Kier alpha value is -0.830. The highest BCUT2D eigenvalue weighted by molar-refractivity contribution is 9.10. The minimum Gasteiger partial charge on any atom is -0.349 e. The summed E-state index contributed by atoms with van der Waals surface area (Å²) in [4.78, 5) is 11.7. The highest BCUT2D eigenvalue weighted by Crippen LogP contribution is 2.30. The van der Waals surface area contributed by atoms with Gasteiger partial charge in [-0.25, -0.2) is 0 Å². The minimum atomic E-state index is 0.154. The summed E-state index contributed by atoms with van der Waals surface area (Å²) in [5, 5.41) is 3.11. The van der Waals surface area contributed by atoms with Crippen molar-refractivity contribution in [1.29, 1.82) is 0 Å². The predicted molar refractivity (Wildman–Crippen MR) is 68.0 cm³/mol. The van der Waals surface area contributed by atoms with Crippen LogP contribution in [0.2, 0.25) is 0 Å². The van der Waals surface area contributed by atoms with Crippen LogP contribution in [-0.2, 0) is 4.79 Å². The van der Waals surface area contributed by atoms with Gasteiger partial charge in [0, 0.05) is 10.4 Å². The zero-order valence-electron chi connectivity index (χ0n) is 9.37. The highest BCUT2D eigenvalue weighted by Gasteiger charge is 2.30. The molecule has 0 aliphatic heterocycles. The molecule has 1 aromatic rings. The number of nitrogens with one attached hydrogen (secondary N) is 1.